The number of hydrogen-bond donors (Lipinski definition) is 0. The number of benzene rings is 2. The van der Waals surface area contributed by atoms with Crippen molar-refractivity contribution in [1.29, 1.82) is 0 Å². The highest BCUT2D eigenvalue weighted by atomic mass is 79.9. The molecule has 2 heteroatoms. The van der Waals surface area contributed by atoms with Crippen molar-refractivity contribution in [2.45, 2.75) is 13.3 Å². The number of fused-ring (bicyclic) bond motifs is 1. The molecule has 1 aliphatic rings. The second-order valence-corrected chi connectivity index (χ2v) is 5.73. The van der Waals surface area contributed by atoms with Crippen molar-refractivity contribution in [2.75, 3.05) is 0 Å². The minimum Gasteiger partial charge on any atom is -0.294 e. The van der Waals surface area contributed by atoms with Crippen molar-refractivity contribution in [2.24, 2.45) is 5.92 Å². The number of carbonyl (C=O) groups excluding carboxylic acids is 1. The van der Waals surface area contributed by atoms with E-state index in [-0.39, 0.29) is 11.7 Å². The molecule has 0 heterocycles. The van der Waals surface area contributed by atoms with Gasteiger partial charge >= 0.3 is 0 Å². The van der Waals surface area contributed by atoms with E-state index in [1.807, 2.05) is 31.2 Å². The molecule has 0 amide bonds. The Morgan fingerprint density at radius 3 is 2.56 bits per heavy atom. The van der Waals surface area contributed by atoms with Gasteiger partial charge in [0.15, 0.2) is 5.78 Å². The van der Waals surface area contributed by atoms with Crippen molar-refractivity contribution >= 4 is 21.7 Å². The molecule has 0 aliphatic heterocycles. The highest BCUT2D eigenvalue weighted by molar-refractivity contribution is 9.10. The molecular weight excluding hydrogens is 288 g/mol. The molecule has 0 aromatic heterocycles. The first-order valence-electron chi connectivity index (χ1n) is 6.09. The van der Waals surface area contributed by atoms with Gasteiger partial charge in [0.2, 0.25) is 0 Å². The van der Waals surface area contributed by atoms with Gasteiger partial charge in [-0.1, -0.05) is 53.2 Å². The van der Waals surface area contributed by atoms with Crippen molar-refractivity contribution in [3.05, 3.63) is 58.1 Å². The number of hydrogen-bond acceptors (Lipinski definition) is 1. The Morgan fingerprint density at radius 2 is 1.83 bits per heavy atom. The van der Waals surface area contributed by atoms with Crippen LogP contribution in [0.4, 0.5) is 0 Å². The lowest BCUT2D eigenvalue weighted by molar-refractivity contribution is 0.0947. The fraction of sp³-hybridized carbons (Fsp3) is 0.188. The van der Waals surface area contributed by atoms with E-state index in [9.17, 15) is 4.79 Å². The minimum absolute atomic E-state index is 0.122. The van der Waals surface area contributed by atoms with Crippen LogP contribution in [-0.2, 0) is 6.42 Å². The average molecular weight is 301 g/mol. The molecule has 0 spiro atoms. The zero-order valence-corrected chi connectivity index (χ0v) is 11.7. The van der Waals surface area contributed by atoms with Crippen LogP contribution in [0.1, 0.15) is 22.8 Å². The smallest absolute Gasteiger partial charge is 0.166 e. The van der Waals surface area contributed by atoms with Gasteiger partial charge in [-0.05, 0) is 35.2 Å². The highest BCUT2D eigenvalue weighted by Gasteiger charge is 2.29. The molecule has 2 aromatic rings. The van der Waals surface area contributed by atoms with Crippen LogP contribution in [0, 0.1) is 5.92 Å². The summed E-state index contributed by atoms with van der Waals surface area (Å²) < 4.78 is 1.05. The van der Waals surface area contributed by atoms with E-state index >= 15 is 0 Å². The average Bonchev–Trinajstić information content (AvgIpc) is 2.66. The summed E-state index contributed by atoms with van der Waals surface area (Å²) in [6.07, 6.45) is 0.874. The van der Waals surface area contributed by atoms with Crippen molar-refractivity contribution in [1.82, 2.24) is 0 Å². The Kier molecular flexibility index (Phi) is 2.83. The van der Waals surface area contributed by atoms with Gasteiger partial charge in [0.05, 0.1) is 0 Å². The molecule has 1 unspecified atom stereocenters. The van der Waals surface area contributed by atoms with Gasteiger partial charge in [-0.25, -0.2) is 0 Å². The number of Topliss-reactive ketones (excluding diaryl/α,β-unsaturated/α-hetero) is 1. The number of carbonyl (C=O) groups is 1. The monoisotopic (exact) mass is 300 g/mol. The molecule has 1 atom stereocenters. The van der Waals surface area contributed by atoms with E-state index in [2.05, 4.69) is 34.1 Å². The van der Waals surface area contributed by atoms with Crippen molar-refractivity contribution < 1.29 is 4.79 Å². The fourth-order valence-corrected chi connectivity index (χ4v) is 2.86. The molecule has 1 nitrogen and oxygen atoms in total. The standard InChI is InChI=1S/C16H13BrO/c1-10-9-12-3-2-4-14(15(12)16(10)18)11-5-7-13(17)8-6-11/h2-8,10H,9H2,1H3. The lowest BCUT2D eigenvalue weighted by atomic mass is 9.96. The van der Waals surface area contributed by atoms with Gasteiger partial charge in [0.25, 0.3) is 0 Å². The molecular formula is C16H13BrO. The van der Waals surface area contributed by atoms with E-state index < -0.39 is 0 Å². The predicted molar refractivity (Wildman–Crippen MR) is 76.8 cm³/mol. The van der Waals surface area contributed by atoms with Gasteiger partial charge in [0.1, 0.15) is 0 Å². The quantitative estimate of drug-likeness (QED) is 0.758. The summed E-state index contributed by atoms with van der Waals surface area (Å²) in [5.74, 6) is 0.403. The number of halogens is 1. The minimum atomic E-state index is 0.122. The first-order valence-corrected chi connectivity index (χ1v) is 6.88. The summed E-state index contributed by atoms with van der Waals surface area (Å²) in [5, 5.41) is 0. The first-order chi connectivity index (χ1) is 8.66. The van der Waals surface area contributed by atoms with Crippen LogP contribution in [0.25, 0.3) is 11.1 Å². The number of rotatable bonds is 1. The Hall–Kier alpha value is -1.41. The van der Waals surface area contributed by atoms with Gasteiger partial charge in [-0.2, -0.15) is 0 Å². The SMILES string of the molecule is CC1Cc2cccc(-c3ccc(Br)cc3)c2C1=O. The predicted octanol–water partition coefficient (Wildman–Crippen LogP) is 4.49. The summed E-state index contributed by atoms with van der Waals surface area (Å²) in [7, 11) is 0. The normalized spacial score (nSPS) is 17.9. The van der Waals surface area contributed by atoms with Crippen molar-refractivity contribution in [3.63, 3.8) is 0 Å². The van der Waals surface area contributed by atoms with Gasteiger partial charge in [-0.15, -0.1) is 0 Å². The van der Waals surface area contributed by atoms with Crippen LogP contribution in [0.2, 0.25) is 0 Å². The Labute approximate surface area is 115 Å². The van der Waals surface area contributed by atoms with E-state index in [4.69, 9.17) is 0 Å². The largest absolute Gasteiger partial charge is 0.294 e. The van der Waals surface area contributed by atoms with E-state index in [1.54, 1.807) is 0 Å². The molecule has 0 saturated heterocycles. The summed E-state index contributed by atoms with van der Waals surface area (Å²) in [5.41, 5.74) is 4.28. The Balaban J connectivity index is 2.18. The van der Waals surface area contributed by atoms with Gasteiger partial charge in [0, 0.05) is 16.0 Å². The zero-order valence-electron chi connectivity index (χ0n) is 10.1. The molecule has 1 aliphatic carbocycles. The second-order valence-electron chi connectivity index (χ2n) is 4.82. The third-order valence-electron chi connectivity index (χ3n) is 3.53. The third kappa shape index (κ3) is 1.81. The zero-order chi connectivity index (χ0) is 12.7. The van der Waals surface area contributed by atoms with Crippen LogP contribution in [-0.4, -0.2) is 5.78 Å². The van der Waals surface area contributed by atoms with Gasteiger partial charge in [-0.3, -0.25) is 4.79 Å². The number of ketones is 1. The summed E-state index contributed by atoms with van der Waals surface area (Å²) in [6, 6.07) is 14.3. The molecule has 90 valence electrons. The van der Waals surface area contributed by atoms with Gasteiger partial charge < -0.3 is 0 Å². The topological polar surface area (TPSA) is 17.1 Å². The molecule has 2 aromatic carbocycles. The molecule has 0 radical (unpaired) electrons. The molecule has 0 N–H and O–H groups in total. The second kappa shape index (κ2) is 4.36. The summed E-state index contributed by atoms with van der Waals surface area (Å²) in [4.78, 5) is 12.2. The third-order valence-corrected chi connectivity index (χ3v) is 4.05. The maximum Gasteiger partial charge on any atom is 0.166 e. The maximum atomic E-state index is 12.2. The van der Waals surface area contributed by atoms with E-state index in [0.29, 0.717) is 0 Å². The van der Waals surface area contributed by atoms with Crippen LogP contribution < -0.4 is 0 Å². The molecule has 0 bridgehead atoms. The van der Waals surface area contributed by atoms with Crippen LogP contribution in [0.3, 0.4) is 0 Å². The first kappa shape index (κ1) is 11.7. The maximum absolute atomic E-state index is 12.2. The Morgan fingerprint density at radius 1 is 1.11 bits per heavy atom. The van der Waals surface area contributed by atoms with Crippen LogP contribution in [0.15, 0.2) is 46.9 Å². The molecule has 3 rings (SSSR count). The molecule has 0 fully saturated rings. The summed E-state index contributed by atoms with van der Waals surface area (Å²) in [6.45, 7) is 2.01. The van der Waals surface area contributed by atoms with E-state index in [0.717, 1.165) is 27.6 Å². The Bertz CT molecular complexity index is 613. The molecule has 18 heavy (non-hydrogen) atoms. The lowest BCUT2D eigenvalue weighted by Crippen LogP contribution is -2.04. The fourth-order valence-electron chi connectivity index (χ4n) is 2.60. The lowest BCUT2D eigenvalue weighted by Gasteiger charge is -2.08. The highest BCUT2D eigenvalue weighted by Crippen LogP contribution is 2.35. The molecule has 0 saturated carbocycles. The van der Waals surface area contributed by atoms with Crippen LogP contribution >= 0.6 is 15.9 Å². The van der Waals surface area contributed by atoms with Crippen molar-refractivity contribution in [3.8, 4) is 11.1 Å². The van der Waals surface area contributed by atoms with Crippen LogP contribution in [0.5, 0.6) is 0 Å². The summed E-state index contributed by atoms with van der Waals surface area (Å²) >= 11 is 3.43. The van der Waals surface area contributed by atoms with E-state index in [1.165, 1.54) is 5.56 Å².